The second-order valence-electron chi connectivity index (χ2n) is 1.97. The maximum Gasteiger partial charge on any atom is 0.269 e. The first-order valence-electron chi connectivity index (χ1n) is 2.44. The van der Waals surface area contributed by atoms with E-state index in [0.717, 1.165) is 0 Å². The molecule has 0 spiro atoms. The average Bonchev–Trinajstić information content (AvgIpc) is 1.67. The van der Waals surface area contributed by atoms with Crippen molar-refractivity contribution in [2.24, 2.45) is 5.73 Å². The molecule has 0 saturated carbocycles. The summed E-state index contributed by atoms with van der Waals surface area (Å²) in [5, 5.41) is 9.93. The minimum atomic E-state index is -1.24. The summed E-state index contributed by atoms with van der Waals surface area (Å²) < 4.78 is 0. The van der Waals surface area contributed by atoms with Crippen molar-refractivity contribution >= 4 is 0 Å². The molecule has 0 aliphatic rings. The molecule has 0 fully saturated rings. The molecular weight excluding hydrogens is 108 g/mol. The van der Waals surface area contributed by atoms with Gasteiger partial charge in [0.2, 0.25) is 0 Å². The molecule has 0 bridgehead atoms. The van der Waals surface area contributed by atoms with Crippen LogP contribution >= 0.6 is 0 Å². The van der Waals surface area contributed by atoms with Crippen LogP contribution < -0.4 is 5.73 Å². The third kappa shape index (κ3) is 1.46. The molecule has 1 unspecified atom stereocenters. The largest absolute Gasteiger partial charge is 0.269 e. The maximum atomic E-state index is 9.93. The number of hydrogen-bond donors (Lipinski definition) is 1. The number of nitro groups is 1. The zero-order valence-electron chi connectivity index (χ0n) is 5.05. The van der Waals surface area contributed by atoms with Crippen molar-refractivity contribution in [3.63, 3.8) is 0 Å². The lowest BCUT2D eigenvalue weighted by Gasteiger charge is -2.10. The van der Waals surface area contributed by atoms with E-state index in [1.54, 1.807) is 6.92 Å². The summed E-state index contributed by atoms with van der Waals surface area (Å²) in [6.45, 7) is 3.08. The van der Waals surface area contributed by atoms with E-state index < -0.39 is 10.6 Å². The van der Waals surface area contributed by atoms with Gasteiger partial charge in [-0.3, -0.25) is 15.8 Å². The summed E-state index contributed by atoms with van der Waals surface area (Å²) in [7, 11) is 0. The minimum Gasteiger partial charge on any atom is -0.266 e. The monoisotopic (exact) mass is 118 g/mol. The second kappa shape index (κ2) is 2.09. The van der Waals surface area contributed by atoms with Gasteiger partial charge in [-0.2, -0.15) is 0 Å². The number of hydrogen-bond acceptors (Lipinski definition) is 3. The quantitative estimate of drug-likeness (QED) is 0.323. The molecule has 0 radical (unpaired) electrons. The first-order chi connectivity index (χ1) is 3.50. The van der Waals surface area contributed by atoms with Gasteiger partial charge < -0.3 is 0 Å². The SMILES string of the molecule is CCC(C)(N)[N+](=O)[O-]. The Bertz CT molecular complexity index is 100. The normalized spacial score (nSPS) is 17.4. The lowest BCUT2D eigenvalue weighted by atomic mass is 10.2. The number of rotatable bonds is 2. The van der Waals surface area contributed by atoms with Crippen LogP contribution in [0.25, 0.3) is 0 Å². The van der Waals surface area contributed by atoms with Crippen molar-refractivity contribution in [1.29, 1.82) is 0 Å². The van der Waals surface area contributed by atoms with Gasteiger partial charge in [-0.1, -0.05) is 6.92 Å². The van der Waals surface area contributed by atoms with Crippen molar-refractivity contribution in [1.82, 2.24) is 0 Å². The summed E-state index contributed by atoms with van der Waals surface area (Å²) in [6.07, 6.45) is 0.361. The van der Waals surface area contributed by atoms with Gasteiger partial charge in [0.15, 0.2) is 0 Å². The highest BCUT2D eigenvalue weighted by Gasteiger charge is 2.27. The predicted octanol–water partition coefficient (Wildman–Crippen LogP) is 0.348. The highest BCUT2D eigenvalue weighted by atomic mass is 16.6. The number of nitrogens with zero attached hydrogens (tertiary/aromatic N) is 1. The molecule has 0 aliphatic carbocycles. The Hall–Kier alpha value is -0.640. The van der Waals surface area contributed by atoms with Gasteiger partial charge in [-0.05, 0) is 0 Å². The molecular formula is C4H10N2O2. The van der Waals surface area contributed by atoms with Crippen LogP contribution in [0.2, 0.25) is 0 Å². The predicted molar refractivity (Wildman–Crippen MR) is 29.9 cm³/mol. The van der Waals surface area contributed by atoms with Crippen LogP contribution in [0.5, 0.6) is 0 Å². The van der Waals surface area contributed by atoms with Crippen molar-refractivity contribution < 1.29 is 4.92 Å². The fraction of sp³-hybridized carbons (Fsp3) is 1.00. The number of nitrogens with two attached hydrogens (primary N) is 1. The fourth-order valence-corrected chi connectivity index (χ4v) is 0.129. The first kappa shape index (κ1) is 7.36. The molecule has 0 saturated heterocycles. The molecule has 1 atom stereocenters. The smallest absolute Gasteiger partial charge is 0.266 e. The van der Waals surface area contributed by atoms with Crippen LogP contribution in [0, 0.1) is 10.1 Å². The van der Waals surface area contributed by atoms with E-state index in [0.29, 0.717) is 6.42 Å². The lowest BCUT2D eigenvalue weighted by molar-refractivity contribution is -0.564. The second-order valence-corrected chi connectivity index (χ2v) is 1.97. The Morgan fingerprint density at radius 2 is 2.25 bits per heavy atom. The highest BCUT2D eigenvalue weighted by Crippen LogP contribution is 2.03. The molecule has 0 rings (SSSR count). The molecule has 8 heavy (non-hydrogen) atoms. The fourth-order valence-electron chi connectivity index (χ4n) is 0.129. The van der Waals surface area contributed by atoms with E-state index in [4.69, 9.17) is 5.73 Å². The molecule has 4 heteroatoms. The van der Waals surface area contributed by atoms with Crippen molar-refractivity contribution in [3.8, 4) is 0 Å². The van der Waals surface area contributed by atoms with Gasteiger partial charge in [0.25, 0.3) is 5.66 Å². The Kier molecular flexibility index (Phi) is 1.92. The van der Waals surface area contributed by atoms with E-state index in [1.165, 1.54) is 6.92 Å². The van der Waals surface area contributed by atoms with Gasteiger partial charge >= 0.3 is 0 Å². The summed E-state index contributed by atoms with van der Waals surface area (Å²) in [5.41, 5.74) is 3.92. The molecule has 0 aromatic carbocycles. The van der Waals surface area contributed by atoms with Crippen LogP contribution in [0.4, 0.5) is 0 Å². The van der Waals surface area contributed by atoms with Crippen molar-refractivity contribution in [2.75, 3.05) is 0 Å². The summed E-state index contributed by atoms with van der Waals surface area (Å²) in [6, 6.07) is 0. The molecule has 0 heterocycles. The summed E-state index contributed by atoms with van der Waals surface area (Å²) in [4.78, 5) is 9.45. The maximum absolute atomic E-state index is 9.93. The Balaban J connectivity index is 3.91. The third-order valence-electron chi connectivity index (χ3n) is 1.13. The van der Waals surface area contributed by atoms with Crippen LogP contribution in [-0.2, 0) is 0 Å². The highest BCUT2D eigenvalue weighted by molar-refractivity contribution is 4.59. The molecule has 0 aromatic heterocycles. The summed E-state index contributed by atoms with van der Waals surface area (Å²) in [5.74, 6) is 0. The zero-order chi connectivity index (χ0) is 6.78. The molecule has 0 aliphatic heterocycles. The van der Waals surface area contributed by atoms with E-state index in [9.17, 15) is 10.1 Å². The third-order valence-corrected chi connectivity index (χ3v) is 1.13. The van der Waals surface area contributed by atoms with E-state index >= 15 is 0 Å². The summed E-state index contributed by atoms with van der Waals surface area (Å²) >= 11 is 0. The van der Waals surface area contributed by atoms with Crippen molar-refractivity contribution in [2.45, 2.75) is 25.9 Å². The zero-order valence-corrected chi connectivity index (χ0v) is 5.05. The lowest BCUT2D eigenvalue weighted by Crippen LogP contribution is -2.43. The Morgan fingerprint density at radius 1 is 1.88 bits per heavy atom. The Labute approximate surface area is 47.8 Å². The molecule has 0 amide bonds. The van der Waals surface area contributed by atoms with E-state index in [2.05, 4.69) is 0 Å². The van der Waals surface area contributed by atoms with Gasteiger partial charge in [-0.15, -0.1) is 0 Å². The van der Waals surface area contributed by atoms with E-state index in [-0.39, 0.29) is 0 Å². The van der Waals surface area contributed by atoms with Crippen LogP contribution in [0.1, 0.15) is 20.3 Å². The van der Waals surface area contributed by atoms with E-state index in [1.807, 2.05) is 0 Å². The standard InChI is InChI=1S/C4H10N2O2/c1-3-4(2,5)6(7)8/h3,5H2,1-2H3. The van der Waals surface area contributed by atoms with Gasteiger partial charge in [-0.25, -0.2) is 0 Å². The molecule has 4 nitrogen and oxygen atoms in total. The van der Waals surface area contributed by atoms with Gasteiger partial charge in [0, 0.05) is 18.3 Å². The molecule has 0 aromatic rings. The molecule has 48 valence electrons. The van der Waals surface area contributed by atoms with Crippen molar-refractivity contribution in [3.05, 3.63) is 10.1 Å². The molecule has 2 N–H and O–H groups in total. The van der Waals surface area contributed by atoms with Crippen LogP contribution in [-0.4, -0.2) is 10.6 Å². The van der Waals surface area contributed by atoms with Gasteiger partial charge in [0.05, 0.1) is 0 Å². The minimum absolute atomic E-state index is 0.361. The average molecular weight is 118 g/mol. The van der Waals surface area contributed by atoms with Crippen LogP contribution in [0.15, 0.2) is 0 Å². The van der Waals surface area contributed by atoms with Crippen LogP contribution in [0.3, 0.4) is 0 Å². The first-order valence-corrected chi connectivity index (χ1v) is 2.44. The van der Waals surface area contributed by atoms with Gasteiger partial charge in [0.1, 0.15) is 0 Å². The topological polar surface area (TPSA) is 69.2 Å². The Morgan fingerprint density at radius 3 is 2.25 bits per heavy atom.